The van der Waals surface area contributed by atoms with Crippen LogP contribution in [0.15, 0.2) is 84.9 Å². The average molecular weight is 417 g/mol. The monoisotopic (exact) mass is 416 g/mol. The molecule has 0 spiro atoms. The predicted molar refractivity (Wildman–Crippen MR) is 141 cm³/mol. The fraction of sp³-hybridized carbons (Fsp3) is 0.0667. The van der Waals surface area contributed by atoms with Crippen LogP contribution in [-0.2, 0) is 0 Å². The number of hydrogen-bond acceptors (Lipinski definition) is 2. The third-order valence-electron chi connectivity index (χ3n) is 5.34. The lowest BCUT2D eigenvalue weighted by Gasteiger charge is -2.04. The highest BCUT2D eigenvalue weighted by Gasteiger charge is 1.99. The molecule has 4 aromatic carbocycles. The van der Waals surface area contributed by atoms with Crippen molar-refractivity contribution in [2.45, 2.75) is 13.8 Å². The summed E-state index contributed by atoms with van der Waals surface area (Å²) in [5.41, 5.74) is 22.6. The molecular formula is C30H28N2. The molecule has 0 bridgehead atoms. The minimum absolute atomic E-state index is 0.673. The molecule has 32 heavy (non-hydrogen) atoms. The molecule has 4 rings (SSSR count). The van der Waals surface area contributed by atoms with Gasteiger partial charge < -0.3 is 11.5 Å². The van der Waals surface area contributed by atoms with Crippen LogP contribution in [0.3, 0.4) is 0 Å². The number of hydrogen-bond donors (Lipinski definition) is 2. The Morgan fingerprint density at radius 2 is 0.812 bits per heavy atom. The topological polar surface area (TPSA) is 52.0 Å². The third kappa shape index (κ3) is 5.55. The summed E-state index contributed by atoms with van der Waals surface area (Å²) in [6.07, 6.45) is 8.43. The molecular weight excluding hydrogens is 388 g/mol. The summed E-state index contributed by atoms with van der Waals surface area (Å²) in [6, 6.07) is 29.4. The van der Waals surface area contributed by atoms with Gasteiger partial charge in [0.2, 0.25) is 0 Å². The summed E-state index contributed by atoms with van der Waals surface area (Å²) in [4.78, 5) is 0. The summed E-state index contributed by atoms with van der Waals surface area (Å²) in [7, 11) is 0. The molecule has 158 valence electrons. The number of anilines is 2. The first kappa shape index (κ1) is 21.2. The van der Waals surface area contributed by atoms with Gasteiger partial charge in [0.05, 0.1) is 0 Å². The summed E-state index contributed by atoms with van der Waals surface area (Å²) in [5.74, 6) is 0. The van der Waals surface area contributed by atoms with Gasteiger partial charge in [0.15, 0.2) is 0 Å². The van der Waals surface area contributed by atoms with Gasteiger partial charge in [-0.1, -0.05) is 102 Å². The number of benzene rings is 4. The standard InChI is InChI=1S/C30H28N2/c1-21-15-22(2)17-25(16-21)5-3-23-7-11-27(12-8-23)28-13-9-24(10-14-28)4-6-26-18-29(31)20-30(32)19-26/h3-20H,31-32H2,1-2H3/b5-3+,6-4+. The van der Waals surface area contributed by atoms with E-state index in [-0.39, 0.29) is 0 Å². The first-order valence-corrected chi connectivity index (χ1v) is 10.8. The average Bonchev–Trinajstić information content (AvgIpc) is 2.76. The maximum absolute atomic E-state index is 5.87. The van der Waals surface area contributed by atoms with E-state index >= 15 is 0 Å². The zero-order chi connectivity index (χ0) is 22.5. The van der Waals surface area contributed by atoms with Crippen molar-refractivity contribution in [3.63, 3.8) is 0 Å². The summed E-state index contributed by atoms with van der Waals surface area (Å²) in [5, 5.41) is 0. The molecule has 0 amide bonds. The highest BCUT2D eigenvalue weighted by atomic mass is 14.6. The lowest BCUT2D eigenvalue weighted by atomic mass is 10.0. The molecule has 0 aliphatic carbocycles. The van der Waals surface area contributed by atoms with Gasteiger partial charge in [0.25, 0.3) is 0 Å². The Bertz CT molecular complexity index is 1130. The number of rotatable bonds is 5. The molecule has 0 heterocycles. The Morgan fingerprint density at radius 1 is 0.438 bits per heavy atom. The van der Waals surface area contributed by atoms with Gasteiger partial charge in [-0.2, -0.15) is 0 Å². The fourth-order valence-corrected chi connectivity index (χ4v) is 3.86. The molecule has 0 aliphatic rings. The Morgan fingerprint density at radius 3 is 1.25 bits per heavy atom. The highest BCUT2D eigenvalue weighted by Crippen LogP contribution is 2.23. The quantitative estimate of drug-likeness (QED) is 0.262. The summed E-state index contributed by atoms with van der Waals surface area (Å²) in [6.45, 7) is 4.27. The first-order chi connectivity index (χ1) is 15.4. The maximum Gasteiger partial charge on any atom is 0.0340 e. The van der Waals surface area contributed by atoms with Crippen molar-refractivity contribution < 1.29 is 0 Å². The summed E-state index contributed by atoms with van der Waals surface area (Å²) < 4.78 is 0. The van der Waals surface area contributed by atoms with E-state index in [1.165, 1.54) is 33.4 Å². The Balaban J connectivity index is 1.45. The highest BCUT2D eigenvalue weighted by molar-refractivity contribution is 5.76. The van der Waals surface area contributed by atoms with Crippen LogP contribution in [0.2, 0.25) is 0 Å². The predicted octanol–water partition coefficient (Wildman–Crippen LogP) is 7.48. The molecule has 0 aliphatic heterocycles. The molecule has 0 fully saturated rings. The minimum atomic E-state index is 0.673. The van der Waals surface area contributed by atoms with Crippen LogP contribution >= 0.6 is 0 Å². The normalized spacial score (nSPS) is 11.4. The Labute approximate surface area is 190 Å². The Kier molecular flexibility index (Phi) is 6.23. The Hall–Kier alpha value is -4.04. The van der Waals surface area contributed by atoms with Crippen LogP contribution in [0.5, 0.6) is 0 Å². The van der Waals surface area contributed by atoms with Crippen molar-refractivity contribution in [3.05, 3.63) is 118 Å². The molecule has 4 N–H and O–H groups in total. The molecule has 0 saturated heterocycles. The number of aryl methyl sites for hydroxylation is 2. The van der Waals surface area contributed by atoms with Gasteiger partial charge in [-0.15, -0.1) is 0 Å². The van der Waals surface area contributed by atoms with Crippen LogP contribution in [0.25, 0.3) is 35.4 Å². The smallest absolute Gasteiger partial charge is 0.0340 e. The van der Waals surface area contributed by atoms with Gasteiger partial charge in [-0.05, 0) is 65.4 Å². The van der Waals surface area contributed by atoms with E-state index in [0.717, 1.165) is 11.1 Å². The second-order valence-electron chi connectivity index (χ2n) is 8.26. The van der Waals surface area contributed by atoms with E-state index in [1.54, 1.807) is 6.07 Å². The van der Waals surface area contributed by atoms with Crippen LogP contribution in [-0.4, -0.2) is 0 Å². The fourth-order valence-electron chi connectivity index (χ4n) is 3.86. The number of nitrogens with two attached hydrogens (primary N) is 2. The van der Waals surface area contributed by atoms with Crippen molar-refractivity contribution in [3.8, 4) is 11.1 Å². The molecule has 0 atom stereocenters. The molecule has 0 saturated carbocycles. The molecule has 0 radical (unpaired) electrons. The molecule has 2 nitrogen and oxygen atoms in total. The van der Waals surface area contributed by atoms with E-state index in [2.05, 4.69) is 98.8 Å². The second-order valence-corrected chi connectivity index (χ2v) is 8.26. The van der Waals surface area contributed by atoms with Gasteiger partial charge in [0, 0.05) is 11.4 Å². The van der Waals surface area contributed by atoms with E-state index in [0.29, 0.717) is 11.4 Å². The van der Waals surface area contributed by atoms with E-state index in [9.17, 15) is 0 Å². The van der Waals surface area contributed by atoms with E-state index < -0.39 is 0 Å². The van der Waals surface area contributed by atoms with Crippen LogP contribution in [0, 0.1) is 13.8 Å². The third-order valence-corrected chi connectivity index (χ3v) is 5.34. The lowest BCUT2D eigenvalue weighted by molar-refractivity contribution is 1.37. The van der Waals surface area contributed by atoms with Crippen LogP contribution < -0.4 is 11.5 Å². The molecule has 2 heteroatoms. The van der Waals surface area contributed by atoms with Crippen LogP contribution in [0.1, 0.15) is 33.4 Å². The van der Waals surface area contributed by atoms with Crippen molar-refractivity contribution in [2.24, 2.45) is 0 Å². The van der Waals surface area contributed by atoms with Gasteiger partial charge >= 0.3 is 0 Å². The lowest BCUT2D eigenvalue weighted by Crippen LogP contribution is -1.90. The van der Waals surface area contributed by atoms with E-state index in [4.69, 9.17) is 11.5 Å². The number of nitrogen functional groups attached to an aromatic ring is 2. The van der Waals surface area contributed by atoms with Crippen molar-refractivity contribution >= 4 is 35.7 Å². The van der Waals surface area contributed by atoms with E-state index in [1.807, 2.05) is 18.2 Å². The first-order valence-electron chi connectivity index (χ1n) is 10.8. The van der Waals surface area contributed by atoms with Crippen LogP contribution in [0.4, 0.5) is 11.4 Å². The SMILES string of the molecule is Cc1cc(C)cc(/C=C/c2ccc(-c3ccc(/C=C/c4cc(N)cc(N)c4)cc3)cc2)c1. The zero-order valence-electron chi connectivity index (χ0n) is 18.5. The molecule has 0 unspecified atom stereocenters. The van der Waals surface area contributed by atoms with Gasteiger partial charge in [-0.25, -0.2) is 0 Å². The summed E-state index contributed by atoms with van der Waals surface area (Å²) >= 11 is 0. The van der Waals surface area contributed by atoms with Gasteiger partial charge in [0.1, 0.15) is 0 Å². The maximum atomic E-state index is 5.87. The van der Waals surface area contributed by atoms with Gasteiger partial charge in [-0.3, -0.25) is 0 Å². The van der Waals surface area contributed by atoms with Crippen molar-refractivity contribution in [1.29, 1.82) is 0 Å². The minimum Gasteiger partial charge on any atom is -0.399 e. The molecule has 4 aromatic rings. The van der Waals surface area contributed by atoms with Crippen molar-refractivity contribution in [1.82, 2.24) is 0 Å². The molecule has 0 aromatic heterocycles. The largest absolute Gasteiger partial charge is 0.399 e. The van der Waals surface area contributed by atoms with Crippen molar-refractivity contribution in [2.75, 3.05) is 11.5 Å². The zero-order valence-corrected chi connectivity index (χ0v) is 18.5. The second kappa shape index (κ2) is 9.40.